The Labute approximate surface area is 161 Å². The van der Waals surface area contributed by atoms with Gasteiger partial charge in [-0.1, -0.05) is 0 Å². The van der Waals surface area contributed by atoms with Gasteiger partial charge in [0, 0.05) is 12.3 Å². The fourth-order valence-electron chi connectivity index (χ4n) is 3.91. The molecule has 0 bridgehead atoms. The van der Waals surface area contributed by atoms with Gasteiger partial charge < -0.3 is 49.2 Å². The van der Waals surface area contributed by atoms with Gasteiger partial charge in [-0.25, -0.2) is 4.79 Å². The fraction of sp³-hybridized carbons (Fsp3) is 0.824. The van der Waals surface area contributed by atoms with Crippen LogP contribution in [0.15, 0.2) is 11.8 Å². The summed E-state index contributed by atoms with van der Waals surface area (Å²) < 4.78 is 26.8. The monoisotopic (exact) mass is 406 g/mol. The number of methoxy groups -OCH3 is 1. The molecule has 0 amide bonds. The molecule has 2 fully saturated rings. The quantitative estimate of drug-likeness (QED) is 0.315. The molecule has 2 saturated heterocycles. The van der Waals surface area contributed by atoms with Gasteiger partial charge in [0.2, 0.25) is 6.29 Å². The third-order valence-electron chi connectivity index (χ3n) is 5.41. The number of rotatable bonds is 4. The lowest BCUT2D eigenvalue weighted by Gasteiger charge is -2.47. The molecular formula is C17H26O11. The second-order valence-corrected chi connectivity index (χ2v) is 7.12. The summed E-state index contributed by atoms with van der Waals surface area (Å²) in [6.45, 7) is 1.08. The van der Waals surface area contributed by atoms with Crippen molar-refractivity contribution >= 4 is 5.97 Å². The summed E-state index contributed by atoms with van der Waals surface area (Å²) in [4.78, 5) is 12.1. The highest BCUT2D eigenvalue weighted by Gasteiger charge is 2.51. The van der Waals surface area contributed by atoms with Crippen molar-refractivity contribution in [3.8, 4) is 0 Å². The molecule has 3 aliphatic heterocycles. The van der Waals surface area contributed by atoms with Crippen molar-refractivity contribution < 1.29 is 54.0 Å². The zero-order chi connectivity index (χ0) is 20.6. The topological polar surface area (TPSA) is 164 Å². The van der Waals surface area contributed by atoms with E-state index in [-0.39, 0.29) is 12.0 Å². The van der Waals surface area contributed by atoms with Gasteiger partial charge in [-0.15, -0.1) is 0 Å². The second-order valence-electron chi connectivity index (χ2n) is 7.12. The lowest BCUT2D eigenvalue weighted by Crippen LogP contribution is -2.61. The standard InChI is InChI=1S/C17H26O11/c1-6-11-7(3-10(19)26-6)8(15(23)24-2)5-25-16(11)28-17-14(22)13(21)12(20)9(4-18)27-17/h5-7,9-14,16-22H,3-4H2,1-2H3/t6-,7?,9+,10?,11?,12+,13-,14+,16?,17-/m0/s1. The maximum absolute atomic E-state index is 12.1. The molecule has 0 aromatic rings. The van der Waals surface area contributed by atoms with Crippen molar-refractivity contribution in [3.63, 3.8) is 0 Å². The number of aliphatic hydroxyl groups is 5. The zero-order valence-corrected chi connectivity index (χ0v) is 15.5. The summed E-state index contributed by atoms with van der Waals surface area (Å²) in [5, 5.41) is 49.2. The average molecular weight is 406 g/mol. The van der Waals surface area contributed by atoms with E-state index in [0.717, 1.165) is 0 Å². The van der Waals surface area contributed by atoms with Crippen molar-refractivity contribution in [2.75, 3.05) is 13.7 Å². The molecule has 3 rings (SSSR count). The van der Waals surface area contributed by atoms with Crippen LogP contribution in [-0.2, 0) is 28.5 Å². The molecule has 3 heterocycles. The molecule has 11 nitrogen and oxygen atoms in total. The van der Waals surface area contributed by atoms with Crippen LogP contribution in [0, 0.1) is 11.8 Å². The van der Waals surface area contributed by atoms with Crippen LogP contribution in [0.3, 0.4) is 0 Å². The van der Waals surface area contributed by atoms with Crippen molar-refractivity contribution in [2.24, 2.45) is 11.8 Å². The van der Waals surface area contributed by atoms with E-state index in [9.17, 15) is 30.3 Å². The van der Waals surface area contributed by atoms with Gasteiger partial charge in [0.15, 0.2) is 12.6 Å². The Morgan fingerprint density at radius 3 is 2.50 bits per heavy atom. The van der Waals surface area contributed by atoms with Crippen molar-refractivity contribution in [3.05, 3.63) is 11.8 Å². The van der Waals surface area contributed by atoms with E-state index in [1.54, 1.807) is 6.92 Å². The van der Waals surface area contributed by atoms with Crippen molar-refractivity contribution in [1.82, 2.24) is 0 Å². The Balaban J connectivity index is 1.81. The summed E-state index contributed by atoms with van der Waals surface area (Å²) in [6, 6.07) is 0. The molecule has 0 aromatic carbocycles. The summed E-state index contributed by atoms with van der Waals surface area (Å²) in [7, 11) is 1.23. The van der Waals surface area contributed by atoms with Crippen LogP contribution in [0.5, 0.6) is 0 Å². The minimum atomic E-state index is -1.60. The van der Waals surface area contributed by atoms with E-state index in [0.29, 0.717) is 0 Å². The van der Waals surface area contributed by atoms with Crippen molar-refractivity contribution in [2.45, 2.75) is 62.7 Å². The van der Waals surface area contributed by atoms with E-state index in [1.165, 1.54) is 13.4 Å². The van der Waals surface area contributed by atoms with E-state index in [4.69, 9.17) is 23.7 Å². The minimum absolute atomic E-state index is 0.105. The van der Waals surface area contributed by atoms with E-state index in [2.05, 4.69) is 0 Å². The predicted octanol–water partition coefficient (Wildman–Crippen LogP) is -2.42. The van der Waals surface area contributed by atoms with Gasteiger partial charge >= 0.3 is 5.97 Å². The number of esters is 1. The molecule has 0 saturated carbocycles. The largest absolute Gasteiger partial charge is 0.471 e. The Hall–Kier alpha value is -1.31. The first-order chi connectivity index (χ1) is 13.3. The molecule has 10 atom stereocenters. The first kappa shape index (κ1) is 21.4. The van der Waals surface area contributed by atoms with Crippen LogP contribution in [0.1, 0.15) is 13.3 Å². The van der Waals surface area contributed by atoms with Gasteiger partial charge in [-0.05, 0) is 6.92 Å². The molecule has 160 valence electrons. The first-order valence-electron chi connectivity index (χ1n) is 9.01. The summed E-state index contributed by atoms with van der Waals surface area (Å²) in [5.41, 5.74) is 0.218. The molecule has 4 unspecified atom stereocenters. The van der Waals surface area contributed by atoms with Gasteiger partial charge in [0.05, 0.1) is 37.6 Å². The van der Waals surface area contributed by atoms with E-state index >= 15 is 0 Å². The predicted molar refractivity (Wildman–Crippen MR) is 88.0 cm³/mol. The summed E-state index contributed by atoms with van der Waals surface area (Å²) >= 11 is 0. The van der Waals surface area contributed by atoms with Crippen LogP contribution in [0.2, 0.25) is 0 Å². The first-order valence-corrected chi connectivity index (χ1v) is 9.01. The molecule has 5 N–H and O–H groups in total. The van der Waals surface area contributed by atoms with Gasteiger partial charge in [0.25, 0.3) is 0 Å². The number of hydrogen-bond acceptors (Lipinski definition) is 11. The maximum Gasteiger partial charge on any atom is 0.337 e. The molecule has 11 heteroatoms. The smallest absolute Gasteiger partial charge is 0.337 e. The van der Waals surface area contributed by atoms with Crippen LogP contribution in [0.4, 0.5) is 0 Å². The van der Waals surface area contributed by atoms with E-state index in [1.807, 2.05) is 0 Å². The van der Waals surface area contributed by atoms with Crippen LogP contribution < -0.4 is 0 Å². The lowest BCUT2D eigenvalue weighted by molar-refractivity contribution is -0.352. The van der Waals surface area contributed by atoms with Crippen LogP contribution in [0.25, 0.3) is 0 Å². The molecule has 3 aliphatic rings. The zero-order valence-electron chi connectivity index (χ0n) is 15.5. The third kappa shape index (κ3) is 3.89. The summed E-state index contributed by atoms with van der Waals surface area (Å²) in [5.74, 6) is -1.67. The molecule has 0 aliphatic carbocycles. The number of fused-ring (bicyclic) bond motifs is 1. The lowest BCUT2D eigenvalue weighted by atomic mass is 9.77. The Bertz CT molecular complexity index is 594. The van der Waals surface area contributed by atoms with Gasteiger partial charge in [-0.3, -0.25) is 0 Å². The molecule has 0 radical (unpaired) electrons. The Kier molecular flexibility index (Phi) is 6.57. The van der Waals surface area contributed by atoms with Crippen molar-refractivity contribution in [1.29, 1.82) is 0 Å². The second kappa shape index (κ2) is 8.59. The number of hydrogen-bond donors (Lipinski definition) is 5. The minimum Gasteiger partial charge on any atom is -0.471 e. The van der Waals surface area contributed by atoms with Gasteiger partial charge in [0.1, 0.15) is 24.4 Å². The number of ether oxygens (including phenoxy) is 5. The molecular weight excluding hydrogens is 380 g/mol. The van der Waals surface area contributed by atoms with E-state index < -0.39 is 73.8 Å². The SMILES string of the molecule is COC(=O)C1=COC(O[C@@H]2O[C@H](CO)[C@@H](O)[C@H](O)[C@H]2O)C2C1CC(O)O[C@H]2C. The number of carbonyl (C=O) groups excluding carboxylic acids is 1. The summed E-state index contributed by atoms with van der Waals surface area (Å²) in [6.07, 6.45) is -8.71. The highest BCUT2D eigenvalue weighted by molar-refractivity contribution is 5.88. The number of carbonyl (C=O) groups is 1. The average Bonchev–Trinajstić information content (AvgIpc) is 2.67. The van der Waals surface area contributed by atoms with Gasteiger partial charge in [-0.2, -0.15) is 0 Å². The Morgan fingerprint density at radius 2 is 1.86 bits per heavy atom. The third-order valence-corrected chi connectivity index (χ3v) is 5.41. The maximum atomic E-state index is 12.1. The Morgan fingerprint density at radius 1 is 1.14 bits per heavy atom. The highest BCUT2D eigenvalue weighted by Crippen LogP contribution is 2.42. The fourth-order valence-corrected chi connectivity index (χ4v) is 3.91. The molecule has 0 spiro atoms. The molecule has 28 heavy (non-hydrogen) atoms. The normalized spacial score (nSPS) is 46.2. The number of aliphatic hydroxyl groups excluding tert-OH is 5. The van der Waals surface area contributed by atoms with Crippen LogP contribution >= 0.6 is 0 Å². The van der Waals surface area contributed by atoms with Crippen LogP contribution in [-0.4, -0.2) is 94.6 Å². The highest BCUT2D eigenvalue weighted by atomic mass is 16.8. The molecule has 0 aromatic heterocycles.